The van der Waals surface area contributed by atoms with Crippen LogP contribution in [0.15, 0.2) is 60.7 Å². The van der Waals surface area contributed by atoms with E-state index in [2.05, 4.69) is 5.32 Å². The molecule has 0 radical (unpaired) electrons. The van der Waals surface area contributed by atoms with Gasteiger partial charge in [-0.05, 0) is 54.1 Å². The van der Waals surface area contributed by atoms with Gasteiger partial charge in [0, 0.05) is 5.56 Å². The third-order valence-corrected chi connectivity index (χ3v) is 7.07. The second-order valence-corrected chi connectivity index (χ2v) is 10.6. The molecular formula is C24H23Cl3N2O5S. The van der Waals surface area contributed by atoms with Crippen molar-refractivity contribution < 1.29 is 22.7 Å². The molecule has 11 heteroatoms. The minimum Gasteiger partial charge on any atom is -0.497 e. The molecule has 1 N–H and O–H groups in total. The fraction of sp³-hybridized carbons (Fsp3) is 0.208. The zero-order chi connectivity index (χ0) is 25.6. The number of sulfonamides is 1. The maximum Gasteiger partial charge on any atom is 0.251 e. The lowest BCUT2D eigenvalue weighted by Gasteiger charge is -2.24. The summed E-state index contributed by atoms with van der Waals surface area (Å²) in [4.78, 5) is 12.4. The molecule has 186 valence electrons. The molecule has 0 aliphatic carbocycles. The highest BCUT2D eigenvalue weighted by atomic mass is 35.5. The molecule has 0 fully saturated rings. The Morgan fingerprint density at radius 2 is 1.51 bits per heavy atom. The van der Waals surface area contributed by atoms with Crippen LogP contribution in [0.25, 0.3) is 0 Å². The van der Waals surface area contributed by atoms with Crippen LogP contribution in [-0.2, 0) is 16.6 Å². The Balaban J connectivity index is 1.60. The minimum atomic E-state index is -3.69. The number of carbonyl (C=O) groups excluding carboxylic acids is 1. The standard InChI is InChI=1S/C24H23Cl3N2O5S/c1-33-18-7-9-19(10-8-18)34-12-11-28-24(30)17-5-3-16(4-6-17)15-29(35(2,31)32)23-14-21(26)20(25)13-22(23)27/h3-10,13-14H,11-12,15H2,1-2H3,(H,28,30). The van der Waals surface area contributed by atoms with Crippen molar-refractivity contribution in [3.8, 4) is 11.5 Å². The van der Waals surface area contributed by atoms with E-state index < -0.39 is 10.0 Å². The summed E-state index contributed by atoms with van der Waals surface area (Å²) in [5.74, 6) is 1.12. The van der Waals surface area contributed by atoms with E-state index in [4.69, 9.17) is 44.3 Å². The number of carbonyl (C=O) groups is 1. The number of nitrogens with one attached hydrogen (secondary N) is 1. The molecule has 3 aromatic rings. The number of ether oxygens (including phenoxy) is 2. The van der Waals surface area contributed by atoms with Crippen LogP contribution in [0, 0.1) is 0 Å². The largest absolute Gasteiger partial charge is 0.497 e. The van der Waals surface area contributed by atoms with E-state index >= 15 is 0 Å². The first-order valence-electron chi connectivity index (χ1n) is 10.3. The van der Waals surface area contributed by atoms with E-state index in [9.17, 15) is 13.2 Å². The van der Waals surface area contributed by atoms with Gasteiger partial charge in [0.1, 0.15) is 18.1 Å². The summed E-state index contributed by atoms with van der Waals surface area (Å²) in [6, 6.07) is 16.5. The third-order valence-electron chi connectivity index (χ3n) is 4.92. The van der Waals surface area contributed by atoms with Crippen molar-refractivity contribution in [2.75, 3.05) is 30.8 Å². The summed E-state index contributed by atoms with van der Waals surface area (Å²) in [6.07, 6.45) is 1.07. The molecule has 0 saturated carbocycles. The second-order valence-electron chi connectivity index (χ2n) is 7.46. The van der Waals surface area contributed by atoms with Crippen LogP contribution in [0.3, 0.4) is 0 Å². The molecule has 0 atom stereocenters. The molecule has 0 unspecified atom stereocenters. The number of benzene rings is 3. The highest BCUT2D eigenvalue weighted by molar-refractivity contribution is 7.92. The van der Waals surface area contributed by atoms with Gasteiger partial charge in [0.15, 0.2) is 0 Å². The van der Waals surface area contributed by atoms with Crippen molar-refractivity contribution in [2.45, 2.75) is 6.54 Å². The van der Waals surface area contributed by atoms with Crippen LogP contribution >= 0.6 is 34.8 Å². The number of rotatable bonds is 10. The van der Waals surface area contributed by atoms with E-state index in [1.54, 1.807) is 55.6 Å². The van der Waals surface area contributed by atoms with Crippen LogP contribution in [0.2, 0.25) is 15.1 Å². The van der Waals surface area contributed by atoms with Gasteiger partial charge in [-0.1, -0.05) is 46.9 Å². The van der Waals surface area contributed by atoms with Gasteiger partial charge < -0.3 is 14.8 Å². The molecular weight excluding hydrogens is 535 g/mol. The van der Waals surface area contributed by atoms with Gasteiger partial charge in [0.2, 0.25) is 10.0 Å². The van der Waals surface area contributed by atoms with Gasteiger partial charge in [-0.15, -0.1) is 0 Å². The fourth-order valence-corrected chi connectivity index (χ4v) is 4.70. The Kier molecular flexibility index (Phi) is 9.13. The SMILES string of the molecule is COc1ccc(OCCNC(=O)c2ccc(CN(c3cc(Cl)c(Cl)cc3Cl)S(C)(=O)=O)cc2)cc1. The highest BCUT2D eigenvalue weighted by Crippen LogP contribution is 2.36. The normalized spacial score (nSPS) is 11.1. The first-order valence-corrected chi connectivity index (χ1v) is 13.3. The smallest absolute Gasteiger partial charge is 0.251 e. The zero-order valence-corrected chi connectivity index (χ0v) is 22.0. The lowest BCUT2D eigenvalue weighted by Crippen LogP contribution is -2.30. The molecule has 1 amide bonds. The molecule has 35 heavy (non-hydrogen) atoms. The number of halogens is 3. The molecule has 0 aromatic heterocycles. The quantitative estimate of drug-likeness (QED) is 0.265. The van der Waals surface area contributed by atoms with E-state index in [1.807, 2.05) is 0 Å². The second kappa shape index (κ2) is 11.9. The van der Waals surface area contributed by atoms with Crippen molar-refractivity contribution in [1.29, 1.82) is 0 Å². The highest BCUT2D eigenvalue weighted by Gasteiger charge is 2.22. The summed E-state index contributed by atoms with van der Waals surface area (Å²) < 4.78 is 36.7. The predicted molar refractivity (Wildman–Crippen MR) is 140 cm³/mol. The van der Waals surface area contributed by atoms with Crippen molar-refractivity contribution in [1.82, 2.24) is 5.32 Å². The Morgan fingerprint density at radius 1 is 0.914 bits per heavy atom. The lowest BCUT2D eigenvalue weighted by atomic mass is 10.1. The van der Waals surface area contributed by atoms with E-state index in [0.29, 0.717) is 30.0 Å². The fourth-order valence-electron chi connectivity index (χ4n) is 3.12. The van der Waals surface area contributed by atoms with Gasteiger partial charge in [0.25, 0.3) is 5.91 Å². The van der Waals surface area contributed by atoms with Crippen LogP contribution in [0.5, 0.6) is 11.5 Å². The Hall–Kier alpha value is -2.65. The first-order chi connectivity index (χ1) is 16.6. The Morgan fingerprint density at radius 3 is 2.11 bits per heavy atom. The van der Waals surface area contributed by atoms with E-state index in [1.165, 1.54) is 12.1 Å². The summed E-state index contributed by atoms with van der Waals surface area (Å²) in [7, 11) is -2.10. The van der Waals surface area contributed by atoms with Gasteiger partial charge in [-0.3, -0.25) is 9.10 Å². The Labute approximate surface area is 219 Å². The molecule has 3 aromatic carbocycles. The summed E-state index contributed by atoms with van der Waals surface area (Å²) >= 11 is 18.3. The monoisotopic (exact) mass is 556 g/mol. The predicted octanol–water partition coefficient (Wildman–Crippen LogP) is 5.43. The molecule has 0 aliphatic heterocycles. The van der Waals surface area contributed by atoms with E-state index in [0.717, 1.165) is 16.3 Å². The van der Waals surface area contributed by atoms with Gasteiger partial charge in [-0.2, -0.15) is 0 Å². The van der Waals surface area contributed by atoms with Crippen molar-refractivity contribution in [2.24, 2.45) is 0 Å². The zero-order valence-electron chi connectivity index (χ0n) is 18.9. The average molecular weight is 558 g/mol. The van der Waals surface area contributed by atoms with Crippen molar-refractivity contribution >= 4 is 56.4 Å². The van der Waals surface area contributed by atoms with Crippen molar-refractivity contribution in [3.63, 3.8) is 0 Å². The molecule has 0 bridgehead atoms. The number of nitrogens with zero attached hydrogens (tertiary/aromatic N) is 1. The summed E-state index contributed by atoms with van der Waals surface area (Å²) in [5, 5.41) is 3.34. The third kappa shape index (κ3) is 7.41. The van der Waals surface area contributed by atoms with Gasteiger partial charge >= 0.3 is 0 Å². The molecule has 0 spiro atoms. The topological polar surface area (TPSA) is 84.9 Å². The van der Waals surface area contributed by atoms with Crippen LogP contribution in [0.1, 0.15) is 15.9 Å². The van der Waals surface area contributed by atoms with Crippen molar-refractivity contribution in [3.05, 3.63) is 86.9 Å². The van der Waals surface area contributed by atoms with Crippen LogP contribution < -0.4 is 19.1 Å². The van der Waals surface area contributed by atoms with Crippen LogP contribution in [-0.4, -0.2) is 40.8 Å². The number of methoxy groups -OCH3 is 1. The number of hydrogen-bond acceptors (Lipinski definition) is 5. The summed E-state index contributed by atoms with van der Waals surface area (Å²) in [6.45, 7) is 0.599. The molecule has 3 rings (SSSR count). The molecule has 0 saturated heterocycles. The maximum absolute atomic E-state index is 12.5. The number of hydrogen-bond donors (Lipinski definition) is 1. The average Bonchev–Trinajstić information content (AvgIpc) is 2.83. The van der Waals surface area contributed by atoms with Gasteiger partial charge in [-0.25, -0.2) is 8.42 Å². The first kappa shape index (κ1) is 26.9. The molecule has 0 heterocycles. The van der Waals surface area contributed by atoms with Crippen LogP contribution in [0.4, 0.5) is 5.69 Å². The minimum absolute atomic E-state index is 0.00584. The molecule has 7 nitrogen and oxygen atoms in total. The van der Waals surface area contributed by atoms with Gasteiger partial charge in [0.05, 0.1) is 47.2 Å². The maximum atomic E-state index is 12.5. The Bertz CT molecular complexity index is 1280. The number of anilines is 1. The summed E-state index contributed by atoms with van der Waals surface area (Å²) in [5.41, 5.74) is 1.29. The number of amides is 1. The lowest BCUT2D eigenvalue weighted by molar-refractivity contribution is 0.0947. The van der Waals surface area contributed by atoms with E-state index in [-0.39, 0.29) is 33.2 Å². The molecule has 0 aliphatic rings.